The van der Waals surface area contributed by atoms with Crippen molar-refractivity contribution in [1.29, 1.82) is 0 Å². The first kappa shape index (κ1) is 21.9. The van der Waals surface area contributed by atoms with E-state index in [-0.39, 0.29) is 13.2 Å². The third kappa shape index (κ3) is 7.34. The molecule has 0 aromatic heterocycles. The molecule has 0 amide bonds. The Balaban J connectivity index is 2.14. The van der Waals surface area contributed by atoms with Gasteiger partial charge >= 0.3 is 0 Å². The molecule has 146 valence electrons. The molecule has 1 aliphatic rings. The van der Waals surface area contributed by atoms with Crippen LogP contribution in [0.25, 0.3) is 0 Å². The number of aldehydes is 1. The molecular formula is C15H28N2O8. The molecule has 1 heterocycles. The summed E-state index contributed by atoms with van der Waals surface area (Å²) in [7, 11) is 0. The third-order valence-electron chi connectivity index (χ3n) is 3.67. The molecule has 0 aliphatic carbocycles. The molecule has 0 saturated carbocycles. The Morgan fingerprint density at radius 2 is 1.96 bits per heavy atom. The third-order valence-corrected chi connectivity index (χ3v) is 3.67. The van der Waals surface area contributed by atoms with E-state index in [0.29, 0.717) is 31.6 Å². The van der Waals surface area contributed by atoms with Crippen molar-refractivity contribution in [1.82, 2.24) is 5.32 Å². The van der Waals surface area contributed by atoms with Crippen molar-refractivity contribution in [2.24, 2.45) is 5.73 Å². The number of rotatable bonds is 12. The second kappa shape index (κ2) is 11.5. The Bertz CT molecular complexity index is 409. The minimum absolute atomic E-state index is 0.0820. The number of carbonyl (C=O) groups is 1. The minimum Gasteiger partial charge on any atom is -0.394 e. The molecule has 3 unspecified atom stereocenters. The fourth-order valence-corrected chi connectivity index (χ4v) is 2.12. The summed E-state index contributed by atoms with van der Waals surface area (Å²) in [4.78, 5) is 10.4. The van der Waals surface area contributed by atoms with Gasteiger partial charge in [-0.05, 0) is 0 Å². The van der Waals surface area contributed by atoms with E-state index in [0.717, 1.165) is 0 Å². The summed E-state index contributed by atoms with van der Waals surface area (Å²) < 4.78 is 15.8. The van der Waals surface area contributed by atoms with Crippen LogP contribution in [0, 0.1) is 0 Å². The summed E-state index contributed by atoms with van der Waals surface area (Å²) in [5, 5.41) is 41.0. The molecule has 10 nitrogen and oxygen atoms in total. The van der Waals surface area contributed by atoms with Crippen molar-refractivity contribution < 1.29 is 39.4 Å². The summed E-state index contributed by atoms with van der Waals surface area (Å²) >= 11 is 0. The molecule has 10 heteroatoms. The van der Waals surface area contributed by atoms with E-state index in [2.05, 4.69) is 11.9 Å². The lowest BCUT2D eigenvalue weighted by molar-refractivity contribution is -0.302. The van der Waals surface area contributed by atoms with Crippen molar-refractivity contribution in [2.45, 2.75) is 43.2 Å². The fourth-order valence-electron chi connectivity index (χ4n) is 2.12. The van der Waals surface area contributed by atoms with E-state index in [1.54, 1.807) is 0 Å². The number of carbonyl (C=O) groups excluding carboxylic acids is 1. The highest BCUT2D eigenvalue weighted by Gasteiger charge is 2.43. The summed E-state index contributed by atoms with van der Waals surface area (Å²) in [6, 6.07) is -0.579. The van der Waals surface area contributed by atoms with Gasteiger partial charge in [0.05, 0.1) is 32.5 Å². The van der Waals surface area contributed by atoms with Crippen LogP contribution in [0.15, 0.2) is 12.3 Å². The van der Waals surface area contributed by atoms with Crippen LogP contribution in [0.2, 0.25) is 0 Å². The minimum atomic E-state index is -1.47. The summed E-state index contributed by atoms with van der Waals surface area (Å²) in [6.07, 6.45) is -5.31. The molecule has 0 aromatic rings. The van der Waals surface area contributed by atoms with Gasteiger partial charge in [-0.15, -0.1) is 0 Å². The molecule has 0 radical (unpaired) electrons. The van der Waals surface area contributed by atoms with Gasteiger partial charge in [-0.3, -0.25) is 0 Å². The van der Waals surface area contributed by atoms with Crippen LogP contribution in [0.4, 0.5) is 0 Å². The van der Waals surface area contributed by atoms with E-state index < -0.39 is 43.4 Å². The molecule has 0 aromatic carbocycles. The Morgan fingerprint density at radius 3 is 2.60 bits per heavy atom. The lowest BCUT2D eigenvalue weighted by Gasteiger charge is -2.39. The summed E-state index contributed by atoms with van der Waals surface area (Å²) in [5.74, 6) is 0. The number of hydrogen-bond donors (Lipinski definition) is 6. The van der Waals surface area contributed by atoms with Gasteiger partial charge in [0.2, 0.25) is 0 Å². The summed E-state index contributed by atoms with van der Waals surface area (Å²) in [6.45, 7) is 4.22. The molecule has 1 rings (SSSR count). The normalized spacial score (nSPS) is 30.7. The van der Waals surface area contributed by atoms with Crippen molar-refractivity contribution in [3.8, 4) is 0 Å². The van der Waals surface area contributed by atoms with Gasteiger partial charge in [-0.25, -0.2) is 0 Å². The first-order valence-corrected chi connectivity index (χ1v) is 8.03. The number of hydrogen-bond acceptors (Lipinski definition) is 10. The SMILES string of the molecule is C=C(CCOCCOC1OC(CO)C(O)[C@H](O)[C@H]1O)NC[C@H](N)C=O. The molecule has 1 aliphatic heterocycles. The quantitative estimate of drug-likeness (QED) is 0.154. The van der Waals surface area contributed by atoms with Gasteiger partial charge in [-0.1, -0.05) is 6.58 Å². The Labute approximate surface area is 146 Å². The van der Waals surface area contributed by atoms with E-state index >= 15 is 0 Å². The number of nitrogens with one attached hydrogen (secondary N) is 1. The highest BCUT2D eigenvalue weighted by atomic mass is 16.7. The lowest BCUT2D eigenvalue weighted by atomic mass is 9.99. The van der Waals surface area contributed by atoms with E-state index in [9.17, 15) is 20.1 Å². The molecule has 7 N–H and O–H groups in total. The second-order valence-electron chi connectivity index (χ2n) is 5.71. The van der Waals surface area contributed by atoms with Gasteiger partial charge < -0.3 is 50.5 Å². The fraction of sp³-hybridized carbons (Fsp3) is 0.800. The monoisotopic (exact) mass is 364 g/mol. The maximum atomic E-state index is 10.4. The predicted octanol–water partition coefficient (Wildman–Crippen LogP) is -3.16. The van der Waals surface area contributed by atoms with E-state index in [1.807, 2.05) is 0 Å². The van der Waals surface area contributed by atoms with Crippen LogP contribution in [0.5, 0.6) is 0 Å². The standard InChI is InChI=1S/C15H28N2O8/c1-9(17-6-10(16)7-18)2-3-23-4-5-24-15-14(22)13(21)12(20)11(8-19)25-15/h7,10-15,17,19-22H,1-6,8,16H2/t10-,11?,12?,13-,14+,15?/m0/s1. The van der Waals surface area contributed by atoms with Gasteiger partial charge in [0.25, 0.3) is 0 Å². The topological polar surface area (TPSA) is 164 Å². The van der Waals surface area contributed by atoms with Crippen LogP contribution in [0.3, 0.4) is 0 Å². The largest absolute Gasteiger partial charge is 0.394 e. The van der Waals surface area contributed by atoms with Crippen molar-refractivity contribution in [2.75, 3.05) is 33.0 Å². The zero-order valence-corrected chi connectivity index (χ0v) is 14.0. The number of aliphatic hydroxyl groups excluding tert-OH is 4. The highest BCUT2D eigenvalue weighted by Crippen LogP contribution is 2.21. The number of nitrogens with two attached hydrogens (primary N) is 1. The van der Waals surface area contributed by atoms with E-state index in [4.69, 9.17) is 25.1 Å². The number of aliphatic hydroxyl groups is 4. The van der Waals surface area contributed by atoms with Gasteiger partial charge in [0.1, 0.15) is 30.7 Å². The van der Waals surface area contributed by atoms with Gasteiger partial charge in [0, 0.05) is 18.7 Å². The zero-order valence-electron chi connectivity index (χ0n) is 14.0. The Hall–Kier alpha value is -1.11. The van der Waals surface area contributed by atoms with Crippen molar-refractivity contribution >= 4 is 6.29 Å². The lowest BCUT2D eigenvalue weighted by Crippen LogP contribution is -2.59. The van der Waals surface area contributed by atoms with Crippen LogP contribution in [-0.2, 0) is 19.0 Å². The predicted molar refractivity (Wildman–Crippen MR) is 86.3 cm³/mol. The molecule has 0 bridgehead atoms. The maximum Gasteiger partial charge on any atom is 0.186 e. The van der Waals surface area contributed by atoms with Crippen molar-refractivity contribution in [3.05, 3.63) is 12.3 Å². The number of ether oxygens (including phenoxy) is 3. The van der Waals surface area contributed by atoms with Crippen LogP contribution < -0.4 is 11.1 Å². The average molecular weight is 364 g/mol. The average Bonchev–Trinajstić information content (AvgIpc) is 2.62. The van der Waals surface area contributed by atoms with Crippen LogP contribution in [0.1, 0.15) is 6.42 Å². The molecular weight excluding hydrogens is 336 g/mol. The Kier molecular flexibility index (Phi) is 10.1. The molecule has 6 atom stereocenters. The van der Waals surface area contributed by atoms with E-state index in [1.165, 1.54) is 0 Å². The molecule has 1 saturated heterocycles. The van der Waals surface area contributed by atoms with Crippen molar-refractivity contribution in [3.63, 3.8) is 0 Å². The first-order chi connectivity index (χ1) is 11.9. The smallest absolute Gasteiger partial charge is 0.186 e. The van der Waals surface area contributed by atoms with Gasteiger partial charge in [-0.2, -0.15) is 0 Å². The molecule has 0 spiro atoms. The summed E-state index contributed by atoms with van der Waals surface area (Å²) in [5.41, 5.74) is 6.12. The zero-order chi connectivity index (χ0) is 18.8. The Morgan fingerprint density at radius 1 is 1.24 bits per heavy atom. The van der Waals surface area contributed by atoms with Crippen LogP contribution in [-0.4, -0.2) is 96.4 Å². The first-order valence-electron chi connectivity index (χ1n) is 8.03. The maximum absolute atomic E-state index is 10.4. The van der Waals surface area contributed by atoms with Crippen LogP contribution >= 0.6 is 0 Å². The highest BCUT2D eigenvalue weighted by molar-refractivity contribution is 5.57. The second-order valence-corrected chi connectivity index (χ2v) is 5.71. The molecule has 1 fully saturated rings. The molecule has 25 heavy (non-hydrogen) atoms. The van der Waals surface area contributed by atoms with Gasteiger partial charge in [0.15, 0.2) is 6.29 Å².